The molecule has 0 aromatic carbocycles. The quantitative estimate of drug-likeness (QED) is 0.800. The highest BCUT2D eigenvalue weighted by molar-refractivity contribution is 5.97. The second-order valence-corrected chi connectivity index (χ2v) is 6.19. The van der Waals surface area contributed by atoms with Crippen LogP contribution in [-0.2, 0) is 9.53 Å². The summed E-state index contributed by atoms with van der Waals surface area (Å²) in [5, 5.41) is 3.85. The lowest BCUT2D eigenvalue weighted by Crippen LogP contribution is -2.37. The predicted octanol–water partition coefficient (Wildman–Crippen LogP) is 0.609. The Morgan fingerprint density at radius 3 is 2.64 bits per heavy atom. The third-order valence-corrected chi connectivity index (χ3v) is 4.56. The predicted molar refractivity (Wildman–Crippen MR) is 77.3 cm³/mol. The van der Waals surface area contributed by atoms with Gasteiger partial charge in [0.2, 0.25) is 5.91 Å². The standard InChI is InChI=1S/C15H21N3O4/c1-8-12(9(2)22-16-8)15(20)18-7-10(14(19)17(3)4)13-11(18)5-6-21-13/h10-11,13H,5-7H2,1-4H3/t10-,11?,13?/m0/s1. The molecule has 0 radical (unpaired) electrons. The van der Waals surface area contributed by atoms with Gasteiger partial charge in [0.05, 0.1) is 23.8 Å². The van der Waals surface area contributed by atoms with E-state index in [0.717, 1.165) is 6.42 Å². The molecule has 2 aliphatic rings. The minimum Gasteiger partial charge on any atom is -0.375 e. The molecule has 3 rings (SSSR count). The third kappa shape index (κ3) is 2.20. The van der Waals surface area contributed by atoms with E-state index < -0.39 is 0 Å². The molecule has 2 aliphatic heterocycles. The summed E-state index contributed by atoms with van der Waals surface area (Å²) in [6.45, 7) is 4.45. The van der Waals surface area contributed by atoms with Crippen molar-refractivity contribution >= 4 is 11.8 Å². The second kappa shape index (κ2) is 5.39. The minimum atomic E-state index is -0.299. The summed E-state index contributed by atoms with van der Waals surface area (Å²) in [6.07, 6.45) is 0.552. The van der Waals surface area contributed by atoms with E-state index in [1.807, 2.05) is 0 Å². The Labute approximate surface area is 129 Å². The van der Waals surface area contributed by atoms with E-state index in [-0.39, 0.29) is 29.9 Å². The van der Waals surface area contributed by atoms with Crippen molar-refractivity contribution in [2.45, 2.75) is 32.4 Å². The van der Waals surface area contributed by atoms with Crippen molar-refractivity contribution in [2.75, 3.05) is 27.2 Å². The molecule has 3 atom stereocenters. The Morgan fingerprint density at radius 1 is 1.32 bits per heavy atom. The van der Waals surface area contributed by atoms with E-state index in [4.69, 9.17) is 9.26 Å². The van der Waals surface area contributed by atoms with Crippen LogP contribution in [0.2, 0.25) is 0 Å². The van der Waals surface area contributed by atoms with Gasteiger partial charge in [0.15, 0.2) is 0 Å². The van der Waals surface area contributed by atoms with E-state index in [9.17, 15) is 9.59 Å². The molecule has 0 saturated carbocycles. The van der Waals surface area contributed by atoms with Crippen molar-refractivity contribution in [3.8, 4) is 0 Å². The molecule has 2 saturated heterocycles. The SMILES string of the molecule is Cc1noc(C)c1C(=O)N1C[C@H](C(=O)N(C)C)C2OCCC21. The van der Waals surface area contributed by atoms with E-state index in [2.05, 4.69) is 5.16 Å². The number of aromatic nitrogens is 1. The Hall–Kier alpha value is -1.89. The molecular weight excluding hydrogens is 286 g/mol. The van der Waals surface area contributed by atoms with Crippen LogP contribution in [0.3, 0.4) is 0 Å². The monoisotopic (exact) mass is 307 g/mol. The molecule has 0 bridgehead atoms. The Balaban J connectivity index is 1.89. The van der Waals surface area contributed by atoms with Crippen LogP contribution in [0.15, 0.2) is 4.52 Å². The molecule has 1 aromatic heterocycles. The van der Waals surface area contributed by atoms with Gasteiger partial charge in [-0.25, -0.2) is 0 Å². The van der Waals surface area contributed by atoms with Gasteiger partial charge in [-0.15, -0.1) is 0 Å². The highest BCUT2D eigenvalue weighted by Gasteiger charge is 2.51. The number of likely N-dealkylation sites (tertiary alicyclic amines) is 1. The zero-order chi connectivity index (χ0) is 16.0. The number of hydrogen-bond acceptors (Lipinski definition) is 5. The smallest absolute Gasteiger partial charge is 0.259 e. The van der Waals surface area contributed by atoms with Crippen LogP contribution < -0.4 is 0 Å². The molecule has 0 N–H and O–H groups in total. The Kier molecular flexibility index (Phi) is 3.68. The van der Waals surface area contributed by atoms with Crippen LogP contribution in [0.1, 0.15) is 28.2 Å². The molecule has 0 spiro atoms. The fourth-order valence-electron chi connectivity index (χ4n) is 3.48. The van der Waals surface area contributed by atoms with Crippen LogP contribution in [0.5, 0.6) is 0 Å². The van der Waals surface area contributed by atoms with E-state index in [1.54, 1.807) is 37.7 Å². The third-order valence-electron chi connectivity index (χ3n) is 4.56. The first-order valence-corrected chi connectivity index (χ1v) is 7.48. The van der Waals surface area contributed by atoms with Gasteiger partial charge in [-0.05, 0) is 20.3 Å². The first-order valence-electron chi connectivity index (χ1n) is 7.48. The van der Waals surface area contributed by atoms with Gasteiger partial charge in [-0.3, -0.25) is 9.59 Å². The van der Waals surface area contributed by atoms with E-state index in [0.29, 0.717) is 30.2 Å². The number of amides is 2. The minimum absolute atomic E-state index is 0.00552. The number of rotatable bonds is 2. The number of nitrogens with zero attached hydrogens (tertiary/aromatic N) is 3. The summed E-state index contributed by atoms with van der Waals surface area (Å²) >= 11 is 0. The number of carbonyl (C=O) groups excluding carboxylic acids is 2. The summed E-state index contributed by atoms with van der Waals surface area (Å²) in [4.78, 5) is 28.6. The van der Waals surface area contributed by atoms with E-state index in [1.165, 1.54) is 0 Å². The van der Waals surface area contributed by atoms with Gasteiger partial charge < -0.3 is 19.1 Å². The second-order valence-electron chi connectivity index (χ2n) is 6.19. The largest absolute Gasteiger partial charge is 0.375 e. The highest BCUT2D eigenvalue weighted by atomic mass is 16.5. The van der Waals surface area contributed by atoms with Crippen LogP contribution in [0.4, 0.5) is 0 Å². The molecule has 1 aromatic rings. The average molecular weight is 307 g/mol. The van der Waals surface area contributed by atoms with Crippen molar-refractivity contribution in [3.63, 3.8) is 0 Å². The van der Waals surface area contributed by atoms with Gasteiger partial charge in [-0.2, -0.15) is 0 Å². The maximum atomic E-state index is 12.9. The van der Waals surface area contributed by atoms with Gasteiger partial charge in [-0.1, -0.05) is 5.16 Å². The first kappa shape index (κ1) is 15.0. The van der Waals surface area contributed by atoms with Crippen molar-refractivity contribution in [1.29, 1.82) is 0 Å². The van der Waals surface area contributed by atoms with Crippen molar-refractivity contribution < 1.29 is 18.8 Å². The van der Waals surface area contributed by atoms with Gasteiger partial charge in [0.1, 0.15) is 11.3 Å². The van der Waals surface area contributed by atoms with Gasteiger partial charge in [0, 0.05) is 27.2 Å². The normalized spacial score (nSPS) is 27.1. The zero-order valence-electron chi connectivity index (χ0n) is 13.3. The summed E-state index contributed by atoms with van der Waals surface area (Å²) in [5.41, 5.74) is 1.09. The summed E-state index contributed by atoms with van der Waals surface area (Å²) in [6, 6.07) is -0.0462. The Bertz CT molecular complexity index is 590. The lowest BCUT2D eigenvalue weighted by molar-refractivity contribution is -0.135. The fraction of sp³-hybridized carbons (Fsp3) is 0.667. The van der Waals surface area contributed by atoms with Crippen LogP contribution in [0.25, 0.3) is 0 Å². The van der Waals surface area contributed by atoms with Crippen LogP contribution >= 0.6 is 0 Å². The number of hydrogen-bond donors (Lipinski definition) is 0. The first-order chi connectivity index (χ1) is 10.4. The number of fused-ring (bicyclic) bond motifs is 1. The Morgan fingerprint density at radius 2 is 2.05 bits per heavy atom. The molecule has 120 valence electrons. The molecule has 0 aliphatic carbocycles. The summed E-state index contributed by atoms with van der Waals surface area (Å²) in [5.74, 6) is 0.101. The molecule has 2 fully saturated rings. The van der Waals surface area contributed by atoms with Gasteiger partial charge >= 0.3 is 0 Å². The van der Waals surface area contributed by atoms with Gasteiger partial charge in [0.25, 0.3) is 5.91 Å². The average Bonchev–Trinajstić information content (AvgIpc) is 3.13. The zero-order valence-corrected chi connectivity index (χ0v) is 13.3. The summed E-state index contributed by atoms with van der Waals surface area (Å²) in [7, 11) is 3.45. The molecule has 7 nitrogen and oxygen atoms in total. The van der Waals surface area contributed by atoms with Crippen LogP contribution in [0, 0.1) is 19.8 Å². The molecule has 3 heterocycles. The maximum Gasteiger partial charge on any atom is 0.259 e. The fourth-order valence-corrected chi connectivity index (χ4v) is 3.48. The lowest BCUT2D eigenvalue weighted by atomic mass is 10.0. The van der Waals surface area contributed by atoms with Crippen LogP contribution in [-0.4, -0.2) is 66.2 Å². The maximum absolute atomic E-state index is 12.9. The molecule has 2 unspecified atom stereocenters. The molecule has 22 heavy (non-hydrogen) atoms. The highest BCUT2D eigenvalue weighted by Crippen LogP contribution is 2.35. The molecular formula is C15H21N3O4. The summed E-state index contributed by atoms with van der Waals surface area (Å²) < 4.78 is 10.8. The number of carbonyl (C=O) groups is 2. The van der Waals surface area contributed by atoms with Crippen molar-refractivity contribution in [1.82, 2.24) is 15.0 Å². The van der Waals surface area contributed by atoms with Crippen molar-refractivity contribution in [3.05, 3.63) is 17.0 Å². The van der Waals surface area contributed by atoms with E-state index >= 15 is 0 Å². The topological polar surface area (TPSA) is 75.9 Å². The van der Waals surface area contributed by atoms with Crippen molar-refractivity contribution in [2.24, 2.45) is 5.92 Å². The molecule has 7 heteroatoms. The number of ether oxygens (including phenoxy) is 1. The molecule has 2 amide bonds. The number of aryl methyl sites for hydroxylation is 2. The lowest BCUT2D eigenvalue weighted by Gasteiger charge is -2.22.